The predicted octanol–water partition coefficient (Wildman–Crippen LogP) is 4.51. The Balaban J connectivity index is 1.59. The molecule has 2 amide bonds. The fraction of sp³-hybridized carbons (Fsp3) is 0.167. The molecule has 0 aromatic heterocycles. The minimum absolute atomic E-state index is 0.274. The molecule has 0 aliphatic carbocycles. The molecular weight excluding hydrogens is 460 g/mol. The lowest BCUT2D eigenvalue weighted by molar-refractivity contribution is -0.126. The van der Waals surface area contributed by atoms with Crippen molar-refractivity contribution in [3.63, 3.8) is 0 Å². The van der Waals surface area contributed by atoms with Gasteiger partial charge in [0.05, 0.1) is 24.5 Å². The number of amides is 2. The molecule has 156 valence electrons. The van der Waals surface area contributed by atoms with Gasteiger partial charge in [-0.25, -0.2) is 9.96 Å². The van der Waals surface area contributed by atoms with E-state index in [0.29, 0.717) is 11.4 Å². The number of rotatable bonds is 4. The van der Waals surface area contributed by atoms with Crippen LogP contribution >= 0.6 is 15.9 Å². The van der Waals surface area contributed by atoms with E-state index in [1.54, 1.807) is 36.4 Å². The highest BCUT2D eigenvalue weighted by Gasteiger charge is 2.60. The lowest BCUT2D eigenvalue weighted by Gasteiger charge is -2.29. The molecule has 0 unspecified atom stereocenters. The molecule has 2 saturated heterocycles. The maximum atomic E-state index is 13.6. The Kier molecular flexibility index (Phi) is 5.00. The summed E-state index contributed by atoms with van der Waals surface area (Å²) < 4.78 is 6.26. The van der Waals surface area contributed by atoms with Gasteiger partial charge >= 0.3 is 0 Å². The Morgan fingerprint density at radius 3 is 2.32 bits per heavy atom. The average Bonchev–Trinajstić information content (AvgIpc) is 3.31. The zero-order valence-corrected chi connectivity index (χ0v) is 18.2. The summed E-state index contributed by atoms with van der Waals surface area (Å²) >= 11 is 3.39. The van der Waals surface area contributed by atoms with Crippen molar-refractivity contribution < 1.29 is 19.2 Å². The van der Waals surface area contributed by atoms with Crippen LogP contribution in [-0.2, 0) is 14.4 Å². The van der Waals surface area contributed by atoms with Gasteiger partial charge in [-0.05, 0) is 54.1 Å². The number of ether oxygens (including phenoxy) is 1. The molecule has 2 fully saturated rings. The second kappa shape index (κ2) is 7.83. The summed E-state index contributed by atoms with van der Waals surface area (Å²) in [6, 6.07) is 23.7. The number of hydrogen-bond acceptors (Lipinski definition) is 5. The van der Waals surface area contributed by atoms with Crippen molar-refractivity contribution in [1.29, 1.82) is 0 Å². The van der Waals surface area contributed by atoms with Crippen LogP contribution in [0.4, 0.5) is 11.4 Å². The molecule has 0 N–H and O–H groups in total. The predicted molar refractivity (Wildman–Crippen MR) is 120 cm³/mol. The van der Waals surface area contributed by atoms with Gasteiger partial charge in [0.1, 0.15) is 11.7 Å². The van der Waals surface area contributed by atoms with Crippen molar-refractivity contribution in [1.82, 2.24) is 0 Å². The van der Waals surface area contributed by atoms with Gasteiger partial charge in [-0.2, -0.15) is 0 Å². The number of imide groups is 1. The second-order valence-electron chi connectivity index (χ2n) is 7.42. The topological polar surface area (TPSA) is 59.1 Å². The van der Waals surface area contributed by atoms with Crippen molar-refractivity contribution in [3.05, 3.63) is 88.9 Å². The number of anilines is 2. The SMILES string of the molecule is COc1cccc([C@@H]2[C@H]3C(=O)N(c4ccc(Br)cc4)C(=O)[C@@H]3ON2c2ccccc2)c1. The summed E-state index contributed by atoms with van der Waals surface area (Å²) in [4.78, 5) is 34.2. The smallest absolute Gasteiger partial charge is 0.266 e. The summed E-state index contributed by atoms with van der Waals surface area (Å²) in [5, 5.41) is 1.68. The van der Waals surface area contributed by atoms with Crippen molar-refractivity contribution in [2.24, 2.45) is 5.92 Å². The lowest BCUT2D eigenvalue weighted by Crippen LogP contribution is -2.37. The van der Waals surface area contributed by atoms with Crippen LogP contribution in [0, 0.1) is 5.92 Å². The number of fused-ring (bicyclic) bond motifs is 1. The molecule has 2 aliphatic heterocycles. The minimum Gasteiger partial charge on any atom is -0.497 e. The van der Waals surface area contributed by atoms with E-state index >= 15 is 0 Å². The quantitative estimate of drug-likeness (QED) is 0.516. The Morgan fingerprint density at radius 2 is 1.61 bits per heavy atom. The molecule has 3 atom stereocenters. The summed E-state index contributed by atoms with van der Waals surface area (Å²) in [6.45, 7) is 0. The number of carbonyl (C=O) groups is 2. The molecule has 7 heteroatoms. The highest BCUT2D eigenvalue weighted by Crippen LogP contribution is 2.48. The van der Waals surface area contributed by atoms with Crippen LogP contribution in [0.1, 0.15) is 11.6 Å². The first kappa shape index (κ1) is 19.8. The third kappa shape index (κ3) is 3.30. The van der Waals surface area contributed by atoms with E-state index in [1.165, 1.54) is 4.90 Å². The van der Waals surface area contributed by atoms with Gasteiger partial charge in [0.2, 0.25) is 5.91 Å². The summed E-state index contributed by atoms with van der Waals surface area (Å²) in [6.07, 6.45) is -0.896. The van der Waals surface area contributed by atoms with Gasteiger partial charge in [0.25, 0.3) is 5.91 Å². The highest BCUT2D eigenvalue weighted by atomic mass is 79.9. The first-order valence-corrected chi connectivity index (χ1v) is 10.7. The zero-order valence-electron chi connectivity index (χ0n) is 16.6. The summed E-state index contributed by atoms with van der Waals surface area (Å²) in [5.74, 6) is -0.633. The fourth-order valence-corrected chi connectivity index (χ4v) is 4.49. The monoisotopic (exact) mass is 478 g/mol. The third-order valence-electron chi connectivity index (χ3n) is 5.65. The van der Waals surface area contributed by atoms with Gasteiger partial charge < -0.3 is 4.74 Å². The van der Waals surface area contributed by atoms with E-state index in [1.807, 2.05) is 54.6 Å². The van der Waals surface area contributed by atoms with Crippen molar-refractivity contribution in [3.8, 4) is 5.75 Å². The van der Waals surface area contributed by atoms with Gasteiger partial charge in [0, 0.05) is 4.47 Å². The van der Waals surface area contributed by atoms with E-state index in [4.69, 9.17) is 9.57 Å². The van der Waals surface area contributed by atoms with E-state index < -0.39 is 18.1 Å². The largest absolute Gasteiger partial charge is 0.497 e. The van der Waals surface area contributed by atoms with Crippen LogP contribution in [0.15, 0.2) is 83.3 Å². The number of methoxy groups -OCH3 is 1. The molecule has 3 aromatic rings. The summed E-state index contributed by atoms with van der Waals surface area (Å²) in [5.41, 5.74) is 2.15. The molecule has 5 rings (SSSR count). The number of para-hydroxylation sites is 1. The highest BCUT2D eigenvalue weighted by molar-refractivity contribution is 9.10. The van der Waals surface area contributed by atoms with Crippen molar-refractivity contribution >= 4 is 39.1 Å². The van der Waals surface area contributed by atoms with E-state index in [2.05, 4.69) is 15.9 Å². The molecule has 3 aromatic carbocycles. The Hall–Kier alpha value is -3.16. The van der Waals surface area contributed by atoms with Crippen LogP contribution in [0.3, 0.4) is 0 Å². The Labute approximate surface area is 188 Å². The van der Waals surface area contributed by atoms with Crippen LogP contribution in [0.5, 0.6) is 5.75 Å². The number of benzene rings is 3. The first-order valence-electron chi connectivity index (χ1n) is 9.87. The maximum Gasteiger partial charge on any atom is 0.266 e. The molecular formula is C24H19BrN2O4. The average molecular weight is 479 g/mol. The molecule has 31 heavy (non-hydrogen) atoms. The minimum atomic E-state index is -0.896. The van der Waals surface area contributed by atoms with Crippen molar-refractivity contribution in [2.75, 3.05) is 17.1 Å². The van der Waals surface area contributed by atoms with Crippen LogP contribution in [0.2, 0.25) is 0 Å². The van der Waals surface area contributed by atoms with Crippen LogP contribution in [-0.4, -0.2) is 25.0 Å². The zero-order chi connectivity index (χ0) is 21.5. The number of hydrogen-bond donors (Lipinski definition) is 0. The first-order chi connectivity index (χ1) is 15.1. The lowest BCUT2D eigenvalue weighted by atomic mass is 9.90. The molecule has 2 aliphatic rings. The van der Waals surface area contributed by atoms with Gasteiger partial charge in [-0.3, -0.25) is 14.4 Å². The third-order valence-corrected chi connectivity index (χ3v) is 6.17. The molecule has 6 nitrogen and oxygen atoms in total. The molecule has 0 radical (unpaired) electrons. The number of halogens is 1. The van der Waals surface area contributed by atoms with Gasteiger partial charge in [-0.15, -0.1) is 0 Å². The standard InChI is InChI=1S/C24H19BrN2O4/c1-30-19-9-5-6-15(14-19)21-20-22(31-27(21)18-7-3-2-4-8-18)24(29)26(23(20)28)17-12-10-16(25)11-13-17/h2-14,20-22H,1H3/t20-,21-,22-/m1/s1. The number of hydroxylamine groups is 1. The van der Waals surface area contributed by atoms with E-state index in [-0.39, 0.29) is 11.8 Å². The molecule has 0 bridgehead atoms. The fourth-order valence-electron chi connectivity index (χ4n) is 4.22. The van der Waals surface area contributed by atoms with Crippen LogP contribution < -0.4 is 14.7 Å². The molecule has 0 spiro atoms. The Morgan fingerprint density at radius 1 is 0.871 bits per heavy atom. The van der Waals surface area contributed by atoms with Gasteiger partial charge in [0.15, 0.2) is 6.10 Å². The van der Waals surface area contributed by atoms with E-state index in [9.17, 15) is 9.59 Å². The molecule has 0 saturated carbocycles. The maximum absolute atomic E-state index is 13.6. The summed E-state index contributed by atoms with van der Waals surface area (Å²) in [7, 11) is 1.60. The van der Waals surface area contributed by atoms with Crippen molar-refractivity contribution in [2.45, 2.75) is 12.1 Å². The normalized spacial score (nSPS) is 22.7. The number of nitrogens with zero attached hydrogens (tertiary/aromatic N) is 2. The van der Waals surface area contributed by atoms with Crippen LogP contribution in [0.25, 0.3) is 0 Å². The van der Waals surface area contributed by atoms with E-state index in [0.717, 1.165) is 15.7 Å². The molecule has 2 heterocycles. The number of carbonyl (C=O) groups excluding carboxylic acids is 2. The second-order valence-corrected chi connectivity index (χ2v) is 8.34. The van der Waals surface area contributed by atoms with Gasteiger partial charge in [-0.1, -0.05) is 46.3 Å². The Bertz CT molecular complexity index is 1140.